The van der Waals surface area contributed by atoms with E-state index >= 15 is 0 Å². The van der Waals surface area contributed by atoms with Crippen molar-refractivity contribution in [2.24, 2.45) is 11.8 Å². The van der Waals surface area contributed by atoms with Gasteiger partial charge in [-0.3, -0.25) is 4.79 Å². The van der Waals surface area contributed by atoms with Gasteiger partial charge >= 0.3 is 5.97 Å². The Bertz CT molecular complexity index is 409. The molecule has 0 amide bonds. The summed E-state index contributed by atoms with van der Waals surface area (Å²) in [7, 11) is 1.60. The first-order valence-electron chi connectivity index (χ1n) is 6.27. The topological polar surface area (TPSA) is 84.3 Å². The van der Waals surface area contributed by atoms with Crippen molar-refractivity contribution >= 4 is 22.6 Å². The van der Waals surface area contributed by atoms with Gasteiger partial charge in [-0.25, -0.2) is 4.98 Å². The number of hydrogen-bond acceptors (Lipinski definition) is 6. The maximum atomic E-state index is 11.1. The SMILES string of the molecule is COC(C)c1nsc(NCC(CC(C)C)C(=O)O)n1. The van der Waals surface area contributed by atoms with Crippen LogP contribution in [-0.2, 0) is 9.53 Å². The number of ether oxygens (including phenoxy) is 1. The predicted octanol–water partition coefficient (Wildman–Crippen LogP) is 2.40. The molecule has 0 spiro atoms. The number of nitrogens with one attached hydrogen (secondary N) is 1. The molecule has 0 aliphatic rings. The Morgan fingerprint density at radius 1 is 1.47 bits per heavy atom. The van der Waals surface area contributed by atoms with Gasteiger partial charge in [0.2, 0.25) is 5.13 Å². The summed E-state index contributed by atoms with van der Waals surface area (Å²) in [5.41, 5.74) is 0. The van der Waals surface area contributed by atoms with Crippen LogP contribution < -0.4 is 5.32 Å². The van der Waals surface area contributed by atoms with Crippen LogP contribution in [0.3, 0.4) is 0 Å². The van der Waals surface area contributed by atoms with Crippen molar-refractivity contribution in [2.45, 2.75) is 33.3 Å². The number of aromatic nitrogens is 2. The third-order valence-electron chi connectivity index (χ3n) is 2.76. The Balaban J connectivity index is 2.54. The summed E-state index contributed by atoms with van der Waals surface area (Å²) < 4.78 is 9.29. The fourth-order valence-corrected chi connectivity index (χ4v) is 2.28. The normalized spacial score (nSPS) is 14.4. The maximum Gasteiger partial charge on any atom is 0.308 e. The Kier molecular flexibility index (Phi) is 6.17. The zero-order chi connectivity index (χ0) is 14.4. The lowest BCUT2D eigenvalue weighted by Crippen LogP contribution is -2.24. The van der Waals surface area contributed by atoms with Gasteiger partial charge in [-0.1, -0.05) is 13.8 Å². The summed E-state index contributed by atoms with van der Waals surface area (Å²) in [4.78, 5) is 15.4. The predicted molar refractivity (Wildman–Crippen MR) is 74.4 cm³/mol. The van der Waals surface area contributed by atoms with Gasteiger partial charge in [0.1, 0.15) is 6.10 Å². The number of anilines is 1. The molecular weight excluding hydrogens is 266 g/mol. The van der Waals surface area contributed by atoms with E-state index in [1.807, 2.05) is 20.8 Å². The van der Waals surface area contributed by atoms with E-state index < -0.39 is 11.9 Å². The molecule has 0 aromatic carbocycles. The average molecular weight is 287 g/mol. The summed E-state index contributed by atoms with van der Waals surface area (Å²) >= 11 is 1.22. The number of methoxy groups -OCH3 is 1. The molecular formula is C12H21N3O3S. The molecule has 0 fully saturated rings. The number of nitrogens with zero attached hydrogens (tertiary/aromatic N) is 2. The van der Waals surface area contributed by atoms with E-state index in [4.69, 9.17) is 9.84 Å². The van der Waals surface area contributed by atoms with Gasteiger partial charge in [-0.05, 0) is 19.3 Å². The molecule has 0 aliphatic heterocycles. The molecule has 6 nitrogen and oxygen atoms in total. The first-order chi connectivity index (χ1) is 8.93. The third kappa shape index (κ3) is 5.12. The highest BCUT2D eigenvalue weighted by Gasteiger charge is 2.19. The van der Waals surface area contributed by atoms with Crippen LogP contribution in [0.5, 0.6) is 0 Å². The number of rotatable bonds is 8. The van der Waals surface area contributed by atoms with E-state index in [1.165, 1.54) is 11.5 Å². The average Bonchev–Trinajstić information content (AvgIpc) is 2.81. The number of aliphatic carboxylic acids is 1. The highest BCUT2D eigenvalue weighted by Crippen LogP contribution is 2.19. The second-order valence-corrected chi connectivity index (χ2v) is 5.63. The van der Waals surface area contributed by atoms with Crippen LogP contribution in [0.15, 0.2) is 0 Å². The molecule has 0 saturated carbocycles. The van der Waals surface area contributed by atoms with Crippen molar-refractivity contribution in [3.63, 3.8) is 0 Å². The molecule has 0 saturated heterocycles. The minimum Gasteiger partial charge on any atom is -0.481 e. The van der Waals surface area contributed by atoms with Gasteiger partial charge in [0.25, 0.3) is 0 Å². The van der Waals surface area contributed by atoms with Crippen molar-refractivity contribution in [1.82, 2.24) is 9.36 Å². The van der Waals surface area contributed by atoms with E-state index in [0.717, 1.165) is 0 Å². The van der Waals surface area contributed by atoms with Gasteiger partial charge in [-0.2, -0.15) is 4.37 Å². The molecule has 1 rings (SSSR count). The summed E-state index contributed by atoms with van der Waals surface area (Å²) in [6.45, 7) is 6.26. The van der Waals surface area contributed by atoms with Crippen LogP contribution in [0.2, 0.25) is 0 Å². The van der Waals surface area contributed by atoms with Crippen molar-refractivity contribution < 1.29 is 14.6 Å². The van der Waals surface area contributed by atoms with Gasteiger partial charge in [0, 0.05) is 25.2 Å². The monoisotopic (exact) mass is 287 g/mol. The fraction of sp³-hybridized carbons (Fsp3) is 0.750. The summed E-state index contributed by atoms with van der Waals surface area (Å²) in [5.74, 6) is -0.226. The van der Waals surface area contributed by atoms with Crippen LogP contribution in [0.25, 0.3) is 0 Å². The molecule has 1 aromatic rings. The van der Waals surface area contributed by atoms with E-state index in [2.05, 4.69) is 14.7 Å². The molecule has 1 aromatic heterocycles. The zero-order valence-corrected chi connectivity index (χ0v) is 12.5. The lowest BCUT2D eigenvalue weighted by Gasteiger charge is -2.14. The first-order valence-corrected chi connectivity index (χ1v) is 7.04. The number of carboxylic acid groups (broad SMARTS) is 1. The molecule has 7 heteroatoms. The molecule has 19 heavy (non-hydrogen) atoms. The Morgan fingerprint density at radius 3 is 2.68 bits per heavy atom. The Morgan fingerprint density at radius 2 is 2.16 bits per heavy atom. The Hall–Kier alpha value is -1.21. The Labute approximate surface area is 117 Å². The minimum absolute atomic E-state index is 0.155. The van der Waals surface area contributed by atoms with Crippen LogP contribution in [0.1, 0.15) is 39.1 Å². The van der Waals surface area contributed by atoms with Crippen molar-refractivity contribution in [1.29, 1.82) is 0 Å². The van der Waals surface area contributed by atoms with Crippen LogP contribution in [-0.4, -0.2) is 34.1 Å². The van der Waals surface area contributed by atoms with Gasteiger partial charge in [-0.15, -0.1) is 0 Å². The number of hydrogen-bond donors (Lipinski definition) is 2. The fourth-order valence-electron chi connectivity index (χ4n) is 1.63. The van der Waals surface area contributed by atoms with Crippen molar-refractivity contribution in [3.05, 3.63) is 5.82 Å². The maximum absolute atomic E-state index is 11.1. The highest BCUT2D eigenvalue weighted by molar-refractivity contribution is 7.09. The molecule has 2 unspecified atom stereocenters. The highest BCUT2D eigenvalue weighted by atomic mass is 32.1. The van der Waals surface area contributed by atoms with Gasteiger partial charge in [0.05, 0.1) is 5.92 Å². The molecule has 108 valence electrons. The molecule has 1 heterocycles. The second-order valence-electron chi connectivity index (χ2n) is 4.88. The number of carboxylic acids is 1. The molecule has 2 atom stereocenters. The smallest absolute Gasteiger partial charge is 0.308 e. The van der Waals surface area contributed by atoms with E-state index in [-0.39, 0.29) is 6.10 Å². The van der Waals surface area contributed by atoms with E-state index in [1.54, 1.807) is 7.11 Å². The third-order valence-corrected chi connectivity index (χ3v) is 3.45. The van der Waals surface area contributed by atoms with E-state index in [0.29, 0.717) is 29.8 Å². The van der Waals surface area contributed by atoms with Crippen LogP contribution in [0, 0.1) is 11.8 Å². The zero-order valence-electron chi connectivity index (χ0n) is 11.7. The summed E-state index contributed by atoms with van der Waals surface area (Å²) in [5, 5.41) is 12.8. The quantitative estimate of drug-likeness (QED) is 0.763. The first kappa shape index (κ1) is 15.8. The minimum atomic E-state index is -0.781. The van der Waals surface area contributed by atoms with Crippen LogP contribution in [0.4, 0.5) is 5.13 Å². The number of carbonyl (C=O) groups is 1. The van der Waals surface area contributed by atoms with E-state index in [9.17, 15) is 4.79 Å². The molecule has 0 radical (unpaired) electrons. The van der Waals surface area contributed by atoms with Gasteiger partial charge < -0.3 is 15.2 Å². The molecule has 2 N–H and O–H groups in total. The lowest BCUT2D eigenvalue weighted by atomic mass is 9.97. The standard InChI is InChI=1S/C12H21N3O3S/c1-7(2)5-9(11(16)17)6-13-12-14-10(15-19-12)8(3)18-4/h7-9H,5-6H2,1-4H3,(H,16,17)(H,13,14,15). The lowest BCUT2D eigenvalue weighted by molar-refractivity contribution is -0.141. The summed E-state index contributed by atoms with van der Waals surface area (Å²) in [6.07, 6.45) is 0.486. The second kappa shape index (κ2) is 7.40. The molecule has 0 aliphatic carbocycles. The summed E-state index contributed by atoms with van der Waals surface area (Å²) in [6, 6.07) is 0. The largest absolute Gasteiger partial charge is 0.481 e. The molecule has 0 bridgehead atoms. The van der Waals surface area contributed by atoms with Crippen molar-refractivity contribution in [3.8, 4) is 0 Å². The van der Waals surface area contributed by atoms with Gasteiger partial charge in [0.15, 0.2) is 5.82 Å². The van der Waals surface area contributed by atoms with Crippen LogP contribution >= 0.6 is 11.5 Å². The van der Waals surface area contributed by atoms with Crippen molar-refractivity contribution in [2.75, 3.05) is 19.0 Å².